The summed E-state index contributed by atoms with van der Waals surface area (Å²) in [4.78, 5) is 5.48. The first-order valence-electron chi connectivity index (χ1n) is 20.7. The predicted octanol–water partition coefficient (Wildman–Crippen LogP) is 12.6. The maximum Gasteiger partial charge on any atom is 0.146 e. The molecular weight excluding hydrogens is 661 g/mol. The van der Waals surface area contributed by atoms with E-state index in [4.69, 9.17) is 18.9 Å². The third-order valence-corrected chi connectivity index (χ3v) is 12.7. The topological polar surface area (TPSA) is 44.3 Å². The van der Waals surface area contributed by atoms with Crippen LogP contribution in [0.3, 0.4) is 0 Å². The van der Waals surface area contributed by atoms with Crippen molar-refractivity contribution in [2.75, 3.05) is 0 Å². The second-order valence-corrected chi connectivity index (χ2v) is 16.7. The van der Waals surface area contributed by atoms with Crippen molar-refractivity contribution in [1.29, 1.82) is 0 Å². The molecule has 5 nitrogen and oxygen atoms in total. The fraction of sp³-hybridized carbons (Fsp3) is 0.265. The number of hydrogen-bond donors (Lipinski definition) is 0. The highest BCUT2D eigenvalue weighted by molar-refractivity contribution is 6.15. The van der Waals surface area contributed by atoms with E-state index in [1.165, 1.54) is 22.3 Å². The van der Waals surface area contributed by atoms with Crippen LogP contribution in [0, 0.1) is 6.85 Å². The number of imidazole rings is 1. The van der Waals surface area contributed by atoms with Gasteiger partial charge in [0.05, 0.1) is 28.8 Å². The normalized spacial score (nSPS) is 18.1. The second kappa shape index (κ2) is 11.4. The summed E-state index contributed by atoms with van der Waals surface area (Å²) in [5, 5.41) is 7.29. The fourth-order valence-electron chi connectivity index (χ4n) is 9.59. The molecule has 5 aromatic carbocycles. The summed E-state index contributed by atoms with van der Waals surface area (Å²) in [5.41, 5.74) is 13.1. The highest BCUT2D eigenvalue weighted by Gasteiger charge is 2.53. The molecule has 0 fully saturated rings. The van der Waals surface area contributed by atoms with Crippen molar-refractivity contribution in [3.63, 3.8) is 0 Å². The molecule has 1 aliphatic carbocycles. The monoisotopic (exact) mass is 709 g/mol. The van der Waals surface area contributed by atoms with E-state index in [-0.39, 0.29) is 10.8 Å². The van der Waals surface area contributed by atoms with Crippen LogP contribution in [0.5, 0.6) is 11.5 Å². The molecule has 0 amide bonds. The molecule has 3 aromatic heterocycles. The Morgan fingerprint density at radius 2 is 1.56 bits per heavy atom. The SMILES string of the molecule is [2H]C([2H])([2H])c1ccc2c3c1c1ccc(Oc4cccc(-n5cc(-c6c(C(C)C)cccc6C(C)C)cn5)c4)cc1c1nc4c(n13)C(C)(Cc1ccccc1-4)C2(C)C. The van der Waals surface area contributed by atoms with Crippen LogP contribution in [0.4, 0.5) is 0 Å². The first-order valence-corrected chi connectivity index (χ1v) is 19.2. The van der Waals surface area contributed by atoms with Crippen LogP contribution in [0.2, 0.25) is 0 Å². The number of pyridine rings is 1. The van der Waals surface area contributed by atoms with Crippen LogP contribution in [-0.4, -0.2) is 19.2 Å². The number of fused-ring (bicyclic) bond motifs is 5. The van der Waals surface area contributed by atoms with Crippen molar-refractivity contribution < 1.29 is 8.85 Å². The van der Waals surface area contributed by atoms with Gasteiger partial charge >= 0.3 is 0 Å². The molecule has 1 unspecified atom stereocenters. The Hall–Kier alpha value is -5.68. The van der Waals surface area contributed by atoms with Crippen molar-refractivity contribution in [1.82, 2.24) is 19.2 Å². The van der Waals surface area contributed by atoms with Crippen LogP contribution in [0.25, 0.3) is 55.4 Å². The van der Waals surface area contributed by atoms with Gasteiger partial charge in [-0.1, -0.05) is 109 Å². The Morgan fingerprint density at radius 1 is 0.796 bits per heavy atom. The van der Waals surface area contributed by atoms with Crippen LogP contribution < -0.4 is 4.74 Å². The Kier molecular flexibility index (Phi) is 6.28. The maximum absolute atomic E-state index is 8.67. The summed E-state index contributed by atoms with van der Waals surface area (Å²) in [5.74, 6) is 2.07. The Morgan fingerprint density at radius 3 is 2.33 bits per heavy atom. The van der Waals surface area contributed by atoms with Gasteiger partial charge in [0, 0.05) is 49.1 Å². The lowest BCUT2D eigenvalue weighted by Gasteiger charge is -2.50. The number of hydrogen-bond acceptors (Lipinski definition) is 3. The van der Waals surface area contributed by atoms with Gasteiger partial charge in [-0.2, -0.15) is 5.10 Å². The first-order chi connectivity index (χ1) is 27.2. The van der Waals surface area contributed by atoms with Gasteiger partial charge in [0.15, 0.2) is 0 Å². The highest BCUT2D eigenvalue weighted by atomic mass is 16.5. The van der Waals surface area contributed by atoms with Crippen molar-refractivity contribution in [3.05, 3.63) is 143 Å². The number of aromatic nitrogens is 4. The van der Waals surface area contributed by atoms with Crippen LogP contribution in [-0.2, 0) is 17.3 Å². The molecule has 0 bridgehead atoms. The minimum atomic E-state index is -2.31. The summed E-state index contributed by atoms with van der Waals surface area (Å²) < 4.78 is 36.9. The maximum atomic E-state index is 8.67. The van der Waals surface area contributed by atoms with E-state index in [9.17, 15) is 0 Å². The van der Waals surface area contributed by atoms with Gasteiger partial charge < -0.3 is 4.74 Å². The number of aryl methyl sites for hydroxylation is 1. The Labute approximate surface area is 321 Å². The Balaban J connectivity index is 1.13. The van der Waals surface area contributed by atoms with Crippen molar-refractivity contribution in [2.45, 2.75) is 84.4 Å². The summed E-state index contributed by atoms with van der Waals surface area (Å²) >= 11 is 0. The molecule has 2 aliphatic rings. The molecular formula is C49H46N4O. The number of rotatable bonds is 6. The van der Waals surface area contributed by atoms with Crippen molar-refractivity contribution >= 4 is 27.3 Å². The summed E-state index contributed by atoms with van der Waals surface area (Å²) in [7, 11) is 0. The number of nitrogens with zero attached hydrogens (tertiary/aromatic N) is 4. The van der Waals surface area contributed by atoms with Gasteiger partial charge in [-0.15, -0.1) is 0 Å². The largest absolute Gasteiger partial charge is 0.457 e. The van der Waals surface area contributed by atoms with Crippen molar-refractivity contribution in [3.8, 4) is 39.6 Å². The second-order valence-electron chi connectivity index (χ2n) is 16.7. The van der Waals surface area contributed by atoms with E-state index in [0.717, 1.165) is 67.5 Å². The fourth-order valence-corrected chi connectivity index (χ4v) is 9.59. The van der Waals surface area contributed by atoms with Crippen molar-refractivity contribution in [2.24, 2.45) is 0 Å². The lowest BCUT2D eigenvalue weighted by Crippen LogP contribution is -2.49. The minimum Gasteiger partial charge on any atom is -0.457 e. The Bertz CT molecular complexity index is 2940. The molecule has 0 spiro atoms. The zero-order chi connectivity index (χ0) is 39.8. The zero-order valence-electron chi connectivity index (χ0n) is 35.0. The molecule has 54 heavy (non-hydrogen) atoms. The molecule has 0 saturated heterocycles. The summed E-state index contributed by atoms with van der Waals surface area (Å²) in [6.07, 6.45) is 4.93. The lowest BCUT2D eigenvalue weighted by atomic mass is 9.55. The van der Waals surface area contributed by atoms with Crippen LogP contribution in [0.15, 0.2) is 109 Å². The molecule has 10 rings (SSSR count). The van der Waals surface area contributed by atoms with Gasteiger partial charge in [-0.25, -0.2) is 9.67 Å². The third kappa shape index (κ3) is 4.44. The van der Waals surface area contributed by atoms with Gasteiger partial charge in [0.25, 0.3) is 0 Å². The molecule has 0 radical (unpaired) electrons. The molecule has 268 valence electrons. The van der Waals surface area contributed by atoms with Gasteiger partial charge in [-0.05, 0) is 94.2 Å². The molecule has 0 N–H and O–H groups in total. The van der Waals surface area contributed by atoms with E-state index in [1.807, 2.05) is 59.4 Å². The average molecular weight is 710 g/mol. The summed E-state index contributed by atoms with van der Waals surface area (Å²) in [6, 6.07) is 33.1. The number of ether oxygens (including phenoxy) is 1. The standard InChI is InChI=1S/C49H46N4O/c1-28(2)36-17-12-18-37(29(3)4)43(36)32-26-50-52(27-32)33-14-11-15-34(23-33)54-35-20-21-39-40(24-35)47-51-44-38-16-10-9-13-31(38)25-49(8)46(44)53(47)45-41(48(49,6)7)22-19-30(5)42(39)45/h9-24,26-29H,25H2,1-8H3/i5D3. The van der Waals surface area contributed by atoms with E-state index in [1.54, 1.807) is 0 Å². The van der Waals surface area contributed by atoms with Gasteiger partial charge in [0.1, 0.15) is 17.1 Å². The van der Waals surface area contributed by atoms with Gasteiger partial charge in [-0.3, -0.25) is 4.40 Å². The predicted molar refractivity (Wildman–Crippen MR) is 222 cm³/mol. The molecule has 4 heterocycles. The summed E-state index contributed by atoms with van der Waals surface area (Å²) in [6.45, 7) is 13.6. The van der Waals surface area contributed by atoms with Gasteiger partial charge in [0.2, 0.25) is 0 Å². The first kappa shape index (κ1) is 29.7. The van der Waals surface area contributed by atoms with E-state index in [2.05, 4.69) is 108 Å². The average Bonchev–Trinajstić information content (AvgIpc) is 3.84. The van der Waals surface area contributed by atoms with E-state index < -0.39 is 6.85 Å². The molecule has 1 aliphatic heterocycles. The highest BCUT2D eigenvalue weighted by Crippen LogP contribution is 2.58. The quantitative estimate of drug-likeness (QED) is 0.161. The molecule has 5 heteroatoms. The van der Waals surface area contributed by atoms with E-state index >= 15 is 0 Å². The van der Waals surface area contributed by atoms with Crippen LogP contribution in [0.1, 0.15) is 97.9 Å². The molecule has 8 aromatic rings. The number of benzene rings is 5. The third-order valence-electron chi connectivity index (χ3n) is 12.7. The minimum absolute atomic E-state index is 0.292. The lowest BCUT2D eigenvalue weighted by molar-refractivity contribution is 0.258. The molecule has 1 atom stereocenters. The van der Waals surface area contributed by atoms with E-state index in [0.29, 0.717) is 28.9 Å². The zero-order valence-corrected chi connectivity index (χ0v) is 32.0. The molecule has 0 saturated carbocycles. The smallest absolute Gasteiger partial charge is 0.146 e. The van der Waals surface area contributed by atoms with Crippen LogP contribution >= 0.6 is 0 Å².